The quantitative estimate of drug-likeness (QED) is 0.0872. The van der Waals surface area contributed by atoms with Gasteiger partial charge in [-0.25, -0.2) is 17.6 Å². The van der Waals surface area contributed by atoms with Gasteiger partial charge in [0.1, 0.15) is 23.8 Å². The summed E-state index contributed by atoms with van der Waals surface area (Å²) in [5, 5.41) is 3.21. The van der Waals surface area contributed by atoms with Crippen LogP contribution in [0.15, 0.2) is 95.4 Å². The Bertz CT molecular complexity index is 2100. The normalized spacial score (nSPS) is 12.9. The van der Waals surface area contributed by atoms with E-state index in [4.69, 9.17) is 18.6 Å². The first-order valence-electron chi connectivity index (χ1n) is 16.6. The second-order valence-electron chi connectivity index (χ2n) is 12.3. The molecule has 1 N–H and O–H groups in total. The van der Waals surface area contributed by atoms with Gasteiger partial charge >= 0.3 is 5.97 Å². The first kappa shape index (κ1) is 35.8. The fourth-order valence-electron chi connectivity index (χ4n) is 5.81. The standard InChI is InChI=1S/C39H39FN2O8S/c1-41-38(43)36-33-22-32(28-12-13-28)34(23-35(33)50-37(36)29-14-16-31(40)17-15-29)42(51(2,45)46)18-19-47-20-21-48-24-27-8-10-30(11-9-27)39(44)49-25-26-6-4-3-5-7-26/h3-11,14-17,22-23,28H,12-13,18-21,24-25H2,1-2H3,(H,41,43). The van der Waals surface area contributed by atoms with E-state index >= 15 is 0 Å². The van der Waals surface area contributed by atoms with E-state index in [2.05, 4.69) is 5.32 Å². The lowest BCUT2D eigenvalue weighted by atomic mass is 10.0. The summed E-state index contributed by atoms with van der Waals surface area (Å²) in [5.41, 5.74) is 4.69. The number of sulfonamides is 1. The molecular weight excluding hydrogens is 676 g/mol. The molecule has 0 unspecified atom stereocenters. The maximum absolute atomic E-state index is 13.7. The molecule has 266 valence electrons. The van der Waals surface area contributed by atoms with Crippen LogP contribution >= 0.6 is 0 Å². The Morgan fingerprint density at radius 3 is 2.24 bits per heavy atom. The number of rotatable bonds is 16. The van der Waals surface area contributed by atoms with Crippen molar-refractivity contribution in [3.63, 3.8) is 0 Å². The van der Waals surface area contributed by atoms with E-state index in [0.29, 0.717) is 40.0 Å². The third-order valence-corrected chi connectivity index (χ3v) is 9.75. The topological polar surface area (TPSA) is 124 Å². The molecule has 1 aliphatic rings. The van der Waals surface area contributed by atoms with Crippen LogP contribution in [0.3, 0.4) is 0 Å². The van der Waals surface area contributed by atoms with Crippen molar-refractivity contribution in [2.45, 2.75) is 32.0 Å². The number of carbonyl (C=O) groups is 2. The Morgan fingerprint density at radius 2 is 1.57 bits per heavy atom. The van der Waals surface area contributed by atoms with Gasteiger partial charge in [-0.2, -0.15) is 0 Å². The molecule has 1 fully saturated rings. The molecule has 10 nitrogen and oxygen atoms in total. The number of hydrogen-bond donors (Lipinski definition) is 1. The Kier molecular flexibility index (Phi) is 11.1. The number of carbonyl (C=O) groups excluding carboxylic acids is 2. The Hall–Kier alpha value is -5.04. The lowest BCUT2D eigenvalue weighted by molar-refractivity contribution is 0.0434. The van der Waals surface area contributed by atoms with E-state index in [0.717, 1.165) is 35.8 Å². The number of amides is 1. The second kappa shape index (κ2) is 15.9. The summed E-state index contributed by atoms with van der Waals surface area (Å²) in [5.74, 6) is -0.778. The molecule has 5 aromatic rings. The predicted molar refractivity (Wildman–Crippen MR) is 192 cm³/mol. The number of anilines is 1. The molecule has 0 saturated heterocycles. The Balaban J connectivity index is 1.07. The maximum atomic E-state index is 13.7. The highest BCUT2D eigenvalue weighted by Crippen LogP contribution is 2.48. The van der Waals surface area contributed by atoms with Crippen LogP contribution in [0.25, 0.3) is 22.3 Å². The van der Waals surface area contributed by atoms with Crippen molar-refractivity contribution in [3.8, 4) is 11.3 Å². The van der Waals surface area contributed by atoms with Gasteiger partial charge in [0.05, 0.1) is 56.0 Å². The van der Waals surface area contributed by atoms with Crippen LogP contribution in [0.5, 0.6) is 0 Å². The highest BCUT2D eigenvalue weighted by Gasteiger charge is 2.33. The highest BCUT2D eigenvalue weighted by molar-refractivity contribution is 7.92. The molecule has 0 bridgehead atoms. The molecule has 1 aromatic heterocycles. The number of fused-ring (bicyclic) bond motifs is 1. The van der Waals surface area contributed by atoms with Crippen molar-refractivity contribution in [2.75, 3.05) is 44.0 Å². The minimum atomic E-state index is -3.73. The minimum Gasteiger partial charge on any atom is -0.457 e. The van der Waals surface area contributed by atoms with E-state index in [1.54, 1.807) is 30.3 Å². The molecule has 0 aliphatic heterocycles. The van der Waals surface area contributed by atoms with Crippen molar-refractivity contribution in [1.82, 2.24) is 5.32 Å². The third-order valence-electron chi connectivity index (χ3n) is 8.57. The molecule has 4 aromatic carbocycles. The van der Waals surface area contributed by atoms with E-state index in [-0.39, 0.29) is 50.6 Å². The summed E-state index contributed by atoms with van der Waals surface area (Å²) in [6.07, 6.45) is 2.93. The number of benzene rings is 4. The minimum absolute atomic E-state index is 0.0553. The van der Waals surface area contributed by atoms with Gasteiger partial charge in [0, 0.05) is 24.1 Å². The first-order valence-corrected chi connectivity index (χ1v) is 18.5. The molecule has 1 heterocycles. The number of esters is 1. The average molecular weight is 715 g/mol. The van der Waals surface area contributed by atoms with E-state index < -0.39 is 21.8 Å². The predicted octanol–water partition coefficient (Wildman–Crippen LogP) is 6.83. The molecule has 51 heavy (non-hydrogen) atoms. The van der Waals surface area contributed by atoms with Gasteiger partial charge in [0.2, 0.25) is 10.0 Å². The molecule has 1 aliphatic carbocycles. The van der Waals surface area contributed by atoms with Gasteiger partial charge < -0.3 is 23.9 Å². The zero-order valence-electron chi connectivity index (χ0n) is 28.4. The van der Waals surface area contributed by atoms with Gasteiger partial charge in [-0.3, -0.25) is 9.10 Å². The average Bonchev–Trinajstić information content (AvgIpc) is 3.91. The van der Waals surface area contributed by atoms with E-state index in [9.17, 15) is 22.4 Å². The lowest BCUT2D eigenvalue weighted by Crippen LogP contribution is -2.34. The van der Waals surface area contributed by atoms with E-state index in [1.807, 2.05) is 36.4 Å². The highest BCUT2D eigenvalue weighted by atomic mass is 32.2. The van der Waals surface area contributed by atoms with E-state index in [1.165, 1.54) is 35.6 Å². The molecule has 0 spiro atoms. The summed E-state index contributed by atoms with van der Waals surface area (Å²) < 4.78 is 64.3. The van der Waals surface area contributed by atoms with Gasteiger partial charge in [0.25, 0.3) is 5.91 Å². The number of nitrogens with zero attached hydrogens (tertiary/aromatic N) is 1. The van der Waals surface area contributed by atoms with Crippen LogP contribution in [0.1, 0.15) is 56.2 Å². The molecule has 12 heteroatoms. The Morgan fingerprint density at radius 1 is 0.882 bits per heavy atom. The lowest BCUT2D eigenvalue weighted by Gasteiger charge is -2.25. The fourth-order valence-corrected chi connectivity index (χ4v) is 6.73. The molecule has 1 amide bonds. The zero-order valence-corrected chi connectivity index (χ0v) is 29.2. The summed E-state index contributed by atoms with van der Waals surface area (Å²) in [6.45, 7) is 1.20. The number of hydrogen-bond acceptors (Lipinski definition) is 8. The van der Waals surface area contributed by atoms with Crippen LogP contribution < -0.4 is 9.62 Å². The molecule has 6 rings (SSSR count). The van der Waals surface area contributed by atoms with Crippen molar-refractivity contribution in [3.05, 3.63) is 125 Å². The fraction of sp³-hybridized carbons (Fsp3) is 0.282. The maximum Gasteiger partial charge on any atom is 0.338 e. The Labute approximate surface area is 296 Å². The second-order valence-corrected chi connectivity index (χ2v) is 14.2. The number of ether oxygens (including phenoxy) is 3. The van der Waals surface area contributed by atoms with Crippen molar-refractivity contribution >= 4 is 38.6 Å². The molecule has 0 radical (unpaired) electrons. The monoisotopic (exact) mass is 714 g/mol. The number of furan rings is 1. The smallest absolute Gasteiger partial charge is 0.338 e. The van der Waals surface area contributed by atoms with Gasteiger partial charge in [0.15, 0.2) is 0 Å². The third kappa shape index (κ3) is 8.83. The van der Waals surface area contributed by atoms with Crippen molar-refractivity contribution in [1.29, 1.82) is 0 Å². The SMILES string of the molecule is CNC(=O)c1c(-c2ccc(F)cc2)oc2cc(N(CCOCCOCc3ccc(C(=O)OCc4ccccc4)cc3)S(C)(=O)=O)c(C3CC3)cc12. The van der Waals surface area contributed by atoms with Crippen LogP contribution in [-0.2, 0) is 37.4 Å². The van der Waals surface area contributed by atoms with Gasteiger partial charge in [-0.15, -0.1) is 0 Å². The van der Waals surface area contributed by atoms with Gasteiger partial charge in [-0.1, -0.05) is 42.5 Å². The molecule has 0 atom stereocenters. The van der Waals surface area contributed by atoms with Crippen LogP contribution in [0, 0.1) is 5.82 Å². The van der Waals surface area contributed by atoms with Gasteiger partial charge in [-0.05, 0) is 77.9 Å². The van der Waals surface area contributed by atoms with Crippen molar-refractivity contribution in [2.24, 2.45) is 0 Å². The summed E-state index contributed by atoms with van der Waals surface area (Å²) in [7, 11) is -2.21. The molecular formula is C39H39FN2O8S. The first-order chi connectivity index (χ1) is 24.6. The number of halogens is 1. The zero-order chi connectivity index (χ0) is 36.0. The largest absolute Gasteiger partial charge is 0.457 e. The van der Waals surface area contributed by atoms with Crippen LogP contribution in [-0.4, -0.2) is 60.0 Å². The summed E-state index contributed by atoms with van der Waals surface area (Å²) in [4.78, 5) is 25.4. The molecule has 1 saturated carbocycles. The summed E-state index contributed by atoms with van der Waals surface area (Å²) >= 11 is 0. The summed E-state index contributed by atoms with van der Waals surface area (Å²) in [6, 6.07) is 25.6. The van der Waals surface area contributed by atoms with Crippen LogP contribution in [0.4, 0.5) is 10.1 Å². The van der Waals surface area contributed by atoms with Crippen LogP contribution in [0.2, 0.25) is 0 Å². The van der Waals surface area contributed by atoms with Crippen molar-refractivity contribution < 1.29 is 41.0 Å². The number of nitrogens with one attached hydrogen (secondary N) is 1.